The third kappa shape index (κ3) is 1.83. The zero-order valence-corrected chi connectivity index (χ0v) is 7.11. The Bertz CT molecular complexity index is 454. The molecule has 0 bridgehead atoms. The second-order valence-electron chi connectivity index (χ2n) is 2.50. The standard InChI is InChI=1S/C8H4F2N2O3/c9-7(10)5-6(13)4(8(14)15)3(1-11)2-12-5/h2,7,13H,(H,14,15). The first-order valence-corrected chi connectivity index (χ1v) is 3.62. The average molecular weight is 214 g/mol. The Morgan fingerprint density at radius 2 is 2.20 bits per heavy atom. The Morgan fingerprint density at radius 1 is 1.60 bits per heavy atom. The van der Waals surface area contributed by atoms with E-state index in [1.165, 1.54) is 6.07 Å². The Balaban J connectivity index is 3.51. The van der Waals surface area contributed by atoms with Crippen molar-refractivity contribution in [1.29, 1.82) is 5.26 Å². The number of halogens is 2. The van der Waals surface area contributed by atoms with Gasteiger partial charge < -0.3 is 10.2 Å². The van der Waals surface area contributed by atoms with Crippen molar-refractivity contribution in [3.63, 3.8) is 0 Å². The van der Waals surface area contributed by atoms with E-state index in [1.54, 1.807) is 0 Å². The Hall–Kier alpha value is -2.23. The smallest absolute Gasteiger partial charge is 0.340 e. The lowest BCUT2D eigenvalue weighted by Gasteiger charge is -2.06. The fourth-order valence-electron chi connectivity index (χ4n) is 0.976. The van der Waals surface area contributed by atoms with Crippen molar-refractivity contribution >= 4 is 5.97 Å². The van der Waals surface area contributed by atoms with Gasteiger partial charge in [0, 0.05) is 6.20 Å². The van der Waals surface area contributed by atoms with Crippen molar-refractivity contribution in [3.8, 4) is 11.8 Å². The summed E-state index contributed by atoms with van der Waals surface area (Å²) in [7, 11) is 0. The third-order valence-electron chi connectivity index (χ3n) is 1.62. The van der Waals surface area contributed by atoms with E-state index in [0.717, 1.165) is 0 Å². The van der Waals surface area contributed by atoms with Crippen LogP contribution in [0.3, 0.4) is 0 Å². The monoisotopic (exact) mass is 214 g/mol. The number of alkyl halides is 2. The molecule has 0 aliphatic rings. The molecule has 0 saturated heterocycles. The Morgan fingerprint density at radius 3 is 2.60 bits per heavy atom. The molecule has 0 amide bonds. The lowest BCUT2D eigenvalue weighted by molar-refractivity contribution is 0.0691. The van der Waals surface area contributed by atoms with Gasteiger partial charge in [0.15, 0.2) is 5.75 Å². The first kappa shape index (κ1) is 10.8. The van der Waals surface area contributed by atoms with Crippen LogP contribution in [0.15, 0.2) is 6.20 Å². The molecule has 0 aromatic carbocycles. The molecule has 5 nitrogen and oxygen atoms in total. The highest BCUT2D eigenvalue weighted by molar-refractivity contribution is 5.93. The predicted octanol–water partition coefficient (Wildman–Crippen LogP) is 1.29. The Kier molecular flexibility index (Phi) is 2.80. The van der Waals surface area contributed by atoms with Crippen molar-refractivity contribution in [2.24, 2.45) is 0 Å². The van der Waals surface area contributed by atoms with Crippen LogP contribution in [0.25, 0.3) is 0 Å². The van der Waals surface area contributed by atoms with E-state index < -0.39 is 35.0 Å². The molecule has 15 heavy (non-hydrogen) atoms. The van der Waals surface area contributed by atoms with Gasteiger partial charge in [0.05, 0.1) is 5.56 Å². The van der Waals surface area contributed by atoms with Gasteiger partial charge in [-0.05, 0) is 0 Å². The number of rotatable bonds is 2. The SMILES string of the molecule is N#Cc1cnc(C(F)F)c(O)c1C(=O)O. The molecule has 0 fully saturated rings. The number of nitrogens with zero attached hydrogens (tertiary/aromatic N) is 2. The summed E-state index contributed by atoms with van der Waals surface area (Å²) in [6.07, 6.45) is -2.42. The average Bonchev–Trinajstić information content (AvgIpc) is 2.15. The largest absolute Gasteiger partial charge is 0.505 e. The van der Waals surface area contributed by atoms with Crippen molar-refractivity contribution < 1.29 is 23.8 Å². The van der Waals surface area contributed by atoms with Crippen LogP contribution in [-0.4, -0.2) is 21.2 Å². The second kappa shape index (κ2) is 3.88. The van der Waals surface area contributed by atoms with Gasteiger partial charge >= 0.3 is 5.97 Å². The summed E-state index contributed by atoms with van der Waals surface area (Å²) in [5.41, 5.74) is -2.38. The zero-order valence-electron chi connectivity index (χ0n) is 7.11. The number of aromatic nitrogens is 1. The molecule has 1 rings (SSSR count). The fraction of sp³-hybridized carbons (Fsp3) is 0.125. The van der Waals surface area contributed by atoms with E-state index in [2.05, 4.69) is 4.98 Å². The van der Waals surface area contributed by atoms with E-state index in [1.807, 2.05) is 0 Å². The third-order valence-corrected chi connectivity index (χ3v) is 1.62. The number of aromatic hydroxyl groups is 1. The minimum absolute atomic E-state index is 0.468. The zero-order chi connectivity index (χ0) is 11.6. The quantitative estimate of drug-likeness (QED) is 0.773. The molecule has 1 aromatic rings. The number of pyridine rings is 1. The van der Waals surface area contributed by atoms with Crippen molar-refractivity contribution in [2.45, 2.75) is 6.43 Å². The van der Waals surface area contributed by atoms with Crippen molar-refractivity contribution in [1.82, 2.24) is 4.98 Å². The molecular weight excluding hydrogens is 210 g/mol. The maximum atomic E-state index is 12.2. The van der Waals surface area contributed by atoms with E-state index in [0.29, 0.717) is 6.20 Å². The van der Waals surface area contributed by atoms with Gasteiger partial charge in [-0.2, -0.15) is 5.26 Å². The molecule has 2 N–H and O–H groups in total. The maximum Gasteiger partial charge on any atom is 0.340 e. The number of carbonyl (C=O) groups is 1. The minimum Gasteiger partial charge on any atom is -0.505 e. The first-order chi connectivity index (χ1) is 6.99. The highest BCUT2D eigenvalue weighted by Gasteiger charge is 2.24. The summed E-state index contributed by atoms with van der Waals surface area (Å²) in [4.78, 5) is 13.7. The van der Waals surface area contributed by atoms with Gasteiger partial charge in [0.25, 0.3) is 6.43 Å². The summed E-state index contributed by atoms with van der Waals surface area (Å²) in [5, 5.41) is 26.2. The van der Waals surface area contributed by atoms with Gasteiger partial charge in [-0.25, -0.2) is 18.6 Å². The molecule has 1 aromatic heterocycles. The summed E-state index contributed by atoms with van der Waals surface area (Å²) >= 11 is 0. The fourth-order valence-corrected chi connectivity index (χ4v) is 0.976. The van der Waals surface area contributed by atoms with E-state index in [-0.39, 0.29) is 0 Å². The van der Waals surface area contributed by atoms with Gasteiger partial charge in [-0.3, -0.25) is 0 Å². The van der Waals surface area contributed by atoms with Crippen LogP contribution in [0, 0.1) is 11.3 Å². The normalized spacial score (nSPS) is 10.0. The van der Waals surface area contributed by atoms with E-state index >= 15 is 0 Å². The molecule has 1 heterocycles. The topological polar surface area (TPSA) is 94.2 Å². The van der Waals surface area contributed by atoms with Gasteiger partial charge in [0.1, 0.15) is 17.3 Å². The highest BCUT2D eigenvalue weighted by Crippen LogP contribution is 2.30. The van der Waals surface area contributed by atoms with Crippen LogP contribution in [0.5, 0.6) is 5.75 Å². The van der Waals surface area contributed by atoms with E-state index in [9.17, 15) is 13.6 Å². The van der Waals surface area contributed by atoms with Crippen molar-refractivity contribution in [2.75, 3.05) is 0 Å². The summed E-state index contributed by atoms with van der Waals surface area (Å²) in [5.74, 6) is -2.83. The van der Waals surface area contributed by atoms with Crippen LogP contribution in [0.2, 0.25) is 0 Å². The lowest BCUT2D eigenvalue weighted by Crippen LogP contribution is -2.05. The van der Waals surface area contributed by atoms with Crippen LogP contribution < -0.4 is 0 Å². The van der Waals surface area contributed by atoms with Crippen LogP contribution in [-0.2, 0) is 0 Å². The highest BCUT2D eigenvalue weighted by atomic mass is 19.3. The lowest BCUT2D eigenvalue weighted by atomic mass is 10.1. The molecule has 0 aliphatic heterocycles. The number of nitriles is 1. The summed E-state index contributed by atoms with van der Waals surface area (Å²) < 4.78 is 24.4. The minimum atomic E-state index is -3.10. The number of hydrogen-bond acceptors (Lipinski definition) is 4. The van der Waals surface area contributed by atoms with Crippen molar-refractivity contribution in [3.05, 3.63) is 23.0 Å². The molecule has 0 saturated carbocycles. The van der Waals surface area contributed by atoms with Gasteiger partial charge in [-0.1, -0.05) is 0 Å². The van der Waals surface area contributed by atoms with Crippen LogP contribution in [0.1, 0.15) is 28.0 Å². The molecule has 0 unspecified atom stereocenters. The summed E-state index contributed by atoms with van der Waals surface area (Å²) in [6.45, 7) is 0. The molecule has 7 heteroatoms. The number of aromatic carboxylic acids is 1. The molecule has 0 aliphatic carbocycles. The molecule has 0 atom stereocenters. The molecule has 0 spiro atoms. The number of carboxylic acids is 1. The Labute approximate surface area is 82.2 Å². The van der Waals surface area contributed by atoms with Gasteiger partial charge in [0.2, 0.25) is 0 Å². The van der Waals surface area contributed by atoms with Crippen LogP contribution in [0.4, 0.5) is 8.78 Å². The summed E-state index contributed by atoms with van der Waals surface area (Å²) in [6, 6.07) is 1.44. The molecular formula is C8H4F2N2O3. The molecule has 78 valence electrons. The second-order valence-corrected chi connectivity index (χ2v) is 2.50. The van der Waals surface area contributed by atoms with Crippen LogP contribution >= 0.6 is 0 Å². The predicted molar refractivity (Wildman–Crippen MR) is 42.5 cm³/mol. The maximum absolute atomic E-state index is 12.2. The number of hydrogen-bond donors (Lipinski definition) is 2. The van der Waals surface area contributed by atoms with Gasteiger partial charge in [-0.15, -0.1) is 0 Å². The molecule has 0 radical (unpaired) electrons. The first-order valence-electron chi connectivity index (χ1n) is 3.62. The van der Waals surface area contributed by atoms with E-state index in [4.69, 9.17) is 15.5 Å². The number of carboxylic acid groups (broad SMARTS) is 1.